The van der Waals surface area contributed by atoms with E-state index in [0.29, 0.717) is 11.3 Å². The van der Waals surface area contributed by atoms with Gasteiger partial charge in [0, 0.05) is 4.47 Å². The van der Waals surface area contributed by atoms with Crippen molar-refractivity contribution >= 4 is 22.2 Å². The fourth-order valence-corrected chi connectivity index (χ4v) is 2.12. The van der Waals surface area contributed by atoms with Gasteiger partial charge in [-0.25, -0.2) is 0 Å². The van der Waals surface area contributed by atoms with Gasteiger partial charge in [0.2, 0.25) is 0 Å². The van der Waals surface area contributed by atoms with Crippen molar-refractivity contribution in [2.24, 2.45) is 0 Å². The lowest BCUT2D eigenvalue weighted by Gasteiger charge is -2.11. The molecular weight excluding hydrogens is 292 g/mol. The summed E-state index contributed by atoms with van der Waals surface area (Å²) in [6, 6.07) is 11.3. The van der Waals surface area contributed by atoms with E-state index < -0.39 is 0 Å². The van der Waals surface area contributed by atoms with Crippen LogP contribution >= 0.6 is 15.9 Å². The molecule has 0 saturated heterocycles. The van der Waals surface area contributed by atoms with Crippen LogP contribution in [0.4, 0.5) is 0 Å². The monoisotopic (exact) mass is 304 g/mol. The van der Waals surface area contributed by atoms with Gasteiger partial charge in [-0.2, -0.15) is 0 Å². The molecule has 0 aliphatic heterocycles. The molecule has 0 N–H and O–H groups in total. The van der Waals surface area contributed by atoms with Crippen LogP contribution in [-0.4, -0.2) is 6.29 Å². The second-order valence-corrected chi connectivity index (χ2v) is 5.09. The van der Waals surface area contributed by atoms with Crippen LogP contribution in [-0.2, 0) is 0 Å². The lowest BCUT2D eigenvalue weighted by Crippen LogP contribution is -1.92. The van der Waals surface area contributed by atoms with Crippen LogP contribution in [0.15, 0.2) is 40.9 Å². The number of carbonyl (C=O) groups is 1. The maximum Gasteiger partial charge on any atom is 0.153 e. The Morgan fingerprint density at radius 2 is 1.78 bits per heavy atom. The van der Waals surface area contributed by atoms with Gasteiger partial charge < -0.3 is 4.74 Å². The summed E-state index contributed by atoms with van der Waals surface area (Å²) >= 11 is 3.33. The van der Waals surface area contributed by atoms with E-state index in [0.717, 1.165) is 22.1 Å². The van der Waals surface area contributed by atoms with Gasteiger partial charge >= 0.3 is 0 Å². The summed E-state index contributed by atoms with van der Waals surface area (Å²) in [6.45, 7) is 4.02. The molecule has 0 aliphatic rings. The molecule has 2 aromatic carbocycles. The number of ether oxygens (including phenoxy) is 1. The second kappa shape index (κ2) is 5.36. The number of aryl methyl sites for hydroxylation is 2. The molecule has 0 amide bonds. The highest BCUT2D eigenvalue weighted by Gasteiger charge is 2.07. The van der Waals surface area contributed by atoms with Gasteiger partial charge in [-0.15, -0.1) is 0 Å². The molecule has 2 nitrogen and oxygen atoms in total. The average molecular weight is 305 g/mol. The molecule has 0 bridgehead atoms. The largest absolute Gasteiger partial charge is 0.456 e. The van der Waals surface area contributed by atoms with E-state index in [-0.39, 0.29) is 0 Å². The molecule has 2 aromatic rings. The first kappa shape index (κ1) is 12.8. The highest BCUT2D eigenvalue weighted by Crippen LogP contribution is 2.29. The van der Waals surface area contributed by atoms with Gasteiger partial charge in [-0.1, -0.05) is 33.6 Å². The summed E-state index contributed by atoms with van der Waals surface area (Å²) in [6.07, 6.45) is 0.795. The summed E-state index contributed by atoms with van der Waals surface area (Å²) in [5.74, 6) is 1.34. The molecular formula is C15H13BrO2. The third kappa shape index (κ3) is 2.79. The fraction of sp³-hybridized carbons (Fsp3) is 0.133. The van der Waals surface area contributed by atoms with Gasteiger partial charge in [0.05, 0.1) is 5.56 Å². The SMILES string of the molecule is Cc1ccc(Oc2ccc(Br)cc2C=O)c(C)c1. The smallest absolute Gasteiger partial charge is 0.153 e. The second-order valence-electron chi connectivity index (χ2n) is 4.17. The molecule has 0 atom stereocenters. The molecule has 0 saturated carbocycles. The number of hydrogen-bond donors (Lipinski definition) is 0. The number of hydrogen-bond acceptors (Lipinski definition) is 2. The van der Waals surface area contributed by atoms with Crippen molar-refractivity contribution in [2.75, 3.05) is 0 Å². The van der Waals surface area contributed by atoms with Gasteiger partial charge in [-0.05, 0) is 43.7 Å². The Balaban J connectivity index is 2.36. The Labute approximate surface area is 115 Å². The summed E-state index contributed by atoms with van der Waals surface area (Å²) in [5, 5.41) is 0. The van der Waals surface area contributed by atoms with Crippen molar-refractivity contribution in [1.29, 1.82) is 0 Å². The van der Waals surface area contributed by atoms with Crippen LogP contribution in [0.1, 0.15) is 21.5 Å². The first-order valence-corrected chi connectivity index (χ1v) is 6.39. The van der Waals surface area contributed by atoms with Crippen molar-refractivity contribution in [3.05, 3.63) is 57.6 Å². The van der Waals surface area contributed by atoms with Gasteiger partial charge in [0.1, 0.15) is 11.5 Å². The lowest BCUT2D eigenvalue weighted by molar-refractivity contribution is 0.112. The van der Waals surface area contributed by atoms with E-state index >= 15 is 0 Å². The number of aldehydes is 1. The van der Waals surface area contributed by atoms with Crippen molar-refractivity contribution in [1.82, 2.24) is 0 Å². The predicted molar refractivity (Wildman–Crippen MR) is 75.5 cm³/mol. The topological polar surface area (TPSA) is 26.3 Å². The highest BCUT2D eigenvalue weighted by atomic mass is 79.9. The maximum atomic E-state index is 11.0. The molecule has 0 spiro atoms. The van der Waals surface area contributed by atoms with Crippen LogP contribution in [0.3, 0.4) is 0 Å². The van der Waals surface area contributed by atoms with E-state index in [1.165, 1.54) is 5.56 Å². The molecule has 18 heavy (non-hydrogen) atoms. The van der Waals surface area contributed by atoms with Crippen LogP contribution in [0, 0.1) is 13.8 Å². The Morgan fingerprint density at radius 1 is 1.06 bits per heavy atom. The van der Waals surface area contributed by atoms with Gasteiger partial charge in [0.25, 0.3) is 0 Å². The minimum absolute atomic E-state index is 0.532. The molecule has 92 valence electrons. The van der Waals surface area contributed by atoms with Gasteiger partial charge in [-0.3, -0.25) is 4.79 Å². The molecule has 2 rings (SSSR count). The van der Waals surface area contributed by atoms with Crippen LogP contribution in [0.2, 0.25) is 0 Å². The van der Waals surface area contributed by atoms with Crippen molar-refractivity contribution < 1.29 is 9.53 Å². The molecule has 0 radical (unpaired) electrons. The van der Waals surface area contributed by atoms with Crippen LogP contribution < -0.4 is 4.74 Å². The van der Waals surface area contributed by atoms with E-state index in [4.69, 9.17) is 4.74 Å². The maximum absolute atomic E-state index is 11.0. The zero-order valence-electron chi connectivity index (χ0n) is 10.2. The highest BCUT2D eigenvalue weighted by molar-refractivity contribution is 9.10. The van der Waals surface area contributed by atoms with Gasteiger partial charge in [0.15, 0.2) is 6.29 Å². The molecule has 0 aliphatic carbocycles. The number of benzene rings is 2. The summed E-state index contributed by atoms with van der Waals surface area (Å²) in [7, 11) is 0. The Bertz CT molecular complexity index is 591. The lowest BCUT2D eigenvalue weighted by atomic mass is 10.1. The molecule has 0 fully saturated rings. The minimum atomic E-state index is 0.532. The first-order valence-electron chi connectivity index (χ1n) is 5.60. The number of halogens is 1. The fourth-order valence-electron chi connectivity index (χ4n) is 1.74. The third-order valence-corrected chi connectivity index (χ3v) is 3.14. The van der Waals surface area contributed by atoms with Crippen LogP contribution in [0.5, 0.6) is 11.5 Å². The zero-order valence-corrected chi connectivity index (χ0v) is 11.8. The molecule has 3 heteroatoms. The van der Waals surface area contributed by atoms with E-state index in [9.17, 15) is 4.79 Å². The zero-order chi connectivity index (χ0) is 13.1. The minimum Gasteiger partial charge on any atom is -0.456 e. The third-order valence-electron chi connectivity index (χ3n) is 2.65. The molecule has 0 heterocycles. The standard InChI is InChI=1S/C15H13BrO2/c1-10-3-5-14(11(2)7-10)18-15-6-4-13(16)8-12(15)9-17/h3-9H,1-2H3. The van der Waals surface area contributed by atoms with Crippen molar-refractivity contribution in [2.45, 2.75) is 13.8 Å². The van der Waals surface area contributed by atoms with Crippen LogP contribution in [0.25, 0.3) is 0 Å². The number of rotatable bonds is 3. The van der Waals surface area contributed by atoms with Crippen molar-refractivity contribution in [3.63, 3.8) is 0 Å². The summed E-state index contributed by atoms with van der Waals surface area (Å²) < 4.78 is 6.65. The first-order chi connectivity index (χ1) is 8.60. The Hall–Kier alpha value is -1.61. The summed E-state index contributed by atoms with van der Waals surface area (Å²) in [5.41, 5.74) is 2.77. The van der Waals surface area contributed by atoms with E-state index in [2.05, 4.69) is 22.0 Å². The van der Waals surface area contributed by atoms with Crippen molar-refractivity contribution in [3.8, 4) is 11.5 Å². The molecule has 0 unspecified atom stereocenters. The Kier molecular flexibility index (Phi) is 3.82. The summed E-state index contributed by atoms with van der Waals surface area (Å²) in [4.78, 5) is 11.0. The van der Waals surface area contributed by atoms with E-state index in [1.807, 2.05) is 32.0 Å². The molecule has 0 aromatic heterocycles. The predicted octanol–water partition coefficient (Wildman–Crippen LogP) is 4.67. The quantitative estimate of drug-likeness (QED) is 0.770. The normalized spacial score (nSPS) is 10.2. The Morgan fingerprint density at radius 3 is 2.44 bits per heavy atom. The number of carbonyl (C=O) groups excluding carboxylic acids is 1. The average Bonchev–Trinajstić information content (AvgIpc) is 2.34. The van der Waals surface area contributed by atoms with E-state index in [1.54, 1.807) is 12.1 Å².